The Hall–Kier alpha value is -2.72. The SMILES string of the molecule is c1ccc(CN(Cc2ccccc2)c2ncnc3ccsc23)cc1. The fourth-order valence-corrected chi connectivity index (χ4v) is 3.68. The molecule has 0 aliphatic rings. The first kappa shape index (κ1) is 14.8. The molecule has 0 spiro atoms. The van der Waals surface area contributed by atoms with E-state index in [0.717, 1.165) is 29.1 Å². The molecule has 0 bridgehead atoms. The molecule has 4 aromatic rings. The topological polar surface area (TPSA) is 29.0 Å². The maximum Gasteiger partial charge on any atom is 0.150 e. The van der Waals surface area contributed by atoms with Gasteiger partial charge in [-0.25, -0.2) is 9.97 Å². The van der Waals surface area contributed by atoms with Crippen LogP contribution in [0.3, 0.4) is 0 Å². The minimum absolute atomic E-state index is 0.819. The molecule has 24 heavy (non-hydrogen) atoms. The van der Waals surface area contributed by atoms with E-state index in [1.165, 1.54) is 11.1 Å². The normalized spacial score (nSPS) is 10.8. The van der Waals surface area contributed by atoms with Gasteiger partial charge in [0, 0.05) is 13.1 Å². The molecule has 118 valence electrons. The van der Waals surface area contributed by atoms with Gasteiger partial charge in [-0.1, -0.05) is 60.7 Å². The molecular weight excluding hydrogens is 314 g/mol. The van der Waals surface area contributed by atoms with E-state index in [0.29, 0.717) is 0 Å². The Morgan fingerprint density at radius 3 is 2.00 bits per heavy atom. The van der Waals surface area contributed by atoms with Crippen LogP contribution >= 0.6 is 11.3 Å². The lowest BCUT2D eigenvalue weighted by Crippen LogP contribution is -2.23. The van der Waals surface area contributed by atoms with Crippen LogP contribution in [0.1, 0.15) is 11.1 Å². The van der Waals surface area contributed by atoms with Gasteiger partial charge in [-0.05, 0) is 22.6 Å². The number of hydrogen-bond acceptors (Lipinski definition) is 4. The third-order valence-corrected chi connectivity index (χ3v) is 4.86. The van der Waals surface area contributed by atoms with Gasteiger partial charge in [-0.15, -0.1) is 11.3 Å². The van der Waals surface area contributed by atoms with Gasteiger partial charge < -0.3 is 4.90 Å². The second-order valence-electron chi connectivity index (χ2n) is 5.66. The molecule has 0 radical (unpaired) electrons. The summed E-state index contributed by atoms with van der Waals surface area (Å²) in [6.45, 7) is 1.64. The number of thiophene rings is 1. The van der Waals surface area contributed by atoms with Gasteiger partial charge in [0.1, 0.15) is 6.33 Å². The third-order valence-electron chi connectivity index (χ3n) is 3.96. The molecule has 3 nitrogen and oxygen atoms in total. The second-order valence-corrected chi connectivity index (χ2v) is 6.58. The summed E-state index contributed by atoms with van der Waals surface area (Å²) in [5.74, 6) is 1.00. The van der Waals surface area contributed by atoms with Crippen LogP contribution in [-0.4, -0.2) is 9.97 Å². The van der Waals surface area contributed by atoms with Crippen molar-refractivity contribution in [2.24, 2.45) is 0 Å². The van der Waals surface area contributed by atoms with Crippen LogP contribution in [0.15, 0.2) is 78.4 Å². The largest absolute Gasteiger partial charge is 0.347 e. The summed E-state index contributed by atoms with van der Waals surface area (Å²) in [5.41, 5.74) is 3.56. The van der Waals surface area contributed by atoms with Gasteiger partial charge in [-0.2, -0.15) is 0 Å². The predicted octanol–water partition coefficient (Wildman–Crippen LogP) is 4.90. The summed E-state index contributed by atoms with van der Waals surface area (Å²) < 4.78 is 1.14. The minimum Gasteiger partial charge on any atom is -0.347 e. The van der Waals surface area contributed by atoms with Crippen molar-refractivity contribution in [3.63, 3.8) is 0 Å². The number of aromatic nitrogens is 2. The third kappa shape index (κ3) is 3.14. The van der Waals surface area contributed by atoms with Gasteiger partial charge >= 0.3 is 0 Å². The lowest BCUT2D eigenvalue weighted by atomic mass is 10.1. The summed E-state index contributed by atoms with van der Waals surface area (Å²) >= 11 is 1.70. The zero-order chi connectivity index (χ0) is 16.2. The van der Waals surface area contributed by atoms with E-state index in [9.17, 15) is 0 Å². The summed E-state index contributed by atoms with van der Waals surface area (Å²) in [6, 6.07) is 23.1. The standard InChI is InChI=1S/C20H17N3S/c1-3-7-16(8-4-1)13-23(14-17-9-5-2-6-10-17)20-19-18(11-12-24-19)21-15-22-20/h1-12,15H,13-14H2. The van der Waals surface area contributed by atoms with Gasteiger partial charge in [0.25, 0.3) is 0 Å². The van der Waals surface area contributed by atoms with Crippen molar-refractivity contribution >= 4 is 27.4 Å². The molecule has 0 atom stereocenters. The van der Waals surface area contributed by atoms with E-state index in [1.54, 1.807) is 17.7 Å². The van der Waals surface area contributed by atoms with E-state index in [2.05, 4.69) is 68.8 Å². The molecule has 2 aromatic carbocycles. The van der Waals surface area contributed by atoms with E-state index >= 15 is 0 Å². The van der Waals surface area contributed by atoms with Crippen molar-refractivity contribution in [1.82, 2.24) is 9.97 Å². The summed E-state index contributed by atoms with van der Waals surface area (Å²) in [5, 5.41) is 2.08. The van der Waals surface area contributed by atoms with Crippen molar-refractivity contribution in [1.29, 1.82) is 0 Å². The van der Waals surface area contributed by atoms with Crippen LogP contribution in [0.5, 0.6) is 0 Å². The smallest absolute Gasteiger partial charge is 0.150 e. The molecule has 0 N–H and O–H groups in total. The van der Waals surface area contributed by atoms with Crippen molar-refractivity contribution in [3.8, 4) is 0 Å². The molecular formula is C20H17N3S. The first-order valence-corrected chi connectivity index (χ1v) is 8.79. The molecule has 0 saturated heterocycles. The van der Waals surface area contributed by atoms with Crippen LogP contribution in [0.25, 0.3) is 10.2 Å². The highest BCUT2D eigenvalue weighted by atomic mass is 32.1. The van der Waals surface area contributed by atoms with Crippen LogP contribution in [0, 0.1) is 0 Å². The maximum absolute atomic E-state index is 4.60. The summed E-state index contributed by atoms with van der Waals surface area (Å²) in [4.78, 5) is 11.3. The van der Waals surface area contributed by atoms with Crippen LogP contribution in [-0.2, 0) is 13.1 Å². The molecule has 0 aliphatic heterocycles. The van der Waals surface area contributed by atoms with Crippen LogP contribution < -0.4 is 4.90 Å². The van der Waals surface area contributed by atoms with Gasteiger partial charge in [-0.3, -0.25) is 0 Å². The number of rotatable bonds is 5. The number of fused-ring (bicyclic) bond motifs is 1. The van der Waals surface area contributed by atoms with E-state index < -0.39 is 0 Å². The van der Waals surface area contributed by atoms with Crippen LogP contribution in [0.4, 0.5) is 5.82 Å². The summed E-state index contributed by atoms with van der Waals surface area (Å²) in [7, 11) is 0. The molecule has 4 rings (SSSR count). The molecule has 0 saturated carbocycles. The highest BCUT2D eigenvalue weighted by molar-refractivity contribution is 7.17. The number of hydrogen-bond donors (Lipinski definition) is 0. The van der Waals surface area contributed by atoms with Crippen molar-refractivity contribution in [2.45, 2.75) is 13.1 Å². The highest BCUT2D eigenvalue weighted by Gasteiger charge is 2.14. The average Bonchev–Trinajstić information content (AvgIpc) is 3.12. The monoisotopic (exact) mass is 331 g/mol. The second kappa shape index (κ2) is 6.81. The Bertz CT molecular complexity index is 878. The Morgan fingerprint density at radius 1 is 0.750 bits per heavy atom. The Balaban J connectivity index is 1.73. The molecule has 0 fully saturated rings. The molecule has 2 aromatic heterocycles. The molecule has 2 heterocycles. The van der Waals surface area contributed by atoms with Gasteiger partial charge in [0.15, 0.2) is 5.82 Å². The Kier molecular flexibility index (Phi) is 4.21. The lowest BCUT2D eigenvalue weighted by molar-refractivity contribution is 0.787. The lowest BCUT2D eigenvalue weighted by Gasteiger charge is -2.24. The van der Waals surface area contributed by atoms with Gasteiger partial charge in [0.2, 0.25) is 0 Å². The minimum atomic E-state index is 0.819. The Labute approximate surface area is 145 Å². The highest BCUT2D eigenvalue weighted by Crippen LogP contribution is 2.29. The fourth-order valence-electron chi connectivity index (χ4n) is 2.81. The first-order chi connectivity index (χ1) is 11.9. The zero-order valence-corrected chi connectivity index (χ0v) is 14.0. The number of benzene rings is 2. The van der Waals surface area contributed by atoms with Gasteiger partial charge in [0.05, 0.1) is 10.2 Å². The number of nitrogens with zero attached hydrogens (tertiary/aromatic N) is 3. The maximum atomic E-state index is 4.60. The Morgan fingerprint density at radius 2 is 1.38 bits per heavy atom. The molecule has 4 heteroatoms. The van der Waals surface area contributed by atoms with E-state index in [-0.39, 0.29) is 0 Å². The van der Waals surface area contributed by atoms with Crippen molar-refractivity contribution in [3.05, 3.63) is 89.6 Å². The van der Waals surface area contributed by atoms with Crippen LogP contribution in [0.2, 0.25) is 0 Å². The van der Waals surface area contributed by atoms with Crippen molar-refractivity contribution in [2.75, 3.05) is 4.90 Å². The fraction of sp³-hybridized carbons (Fsp3) is 0.100. The zero-order valence-electron chi connectivity index (χ0n) is 13.2. The van der Waals surface area contributed by atoms with Crippen molar-refractivity contribution < 1.29 is 0 Å². The van der Waals surface area contributed by atoms with E-state index in [1.807, 2.05) is 18.2 Å². The molecule has 0 aliphatic carbocycles. The predicted molar refractivity (Wildman–Crippen MR) is 100 cm³/mol. The van der Waals surface area contributed by atoms with E-state index in [4.69, 9.17) is 0 Å². The average molecular weight is 331 g/mol. The quantitative estimate of drug-likeness (QED) is 0.521. The molecule has 0 unspecified atom stereocenters. The summed E-state index contributed by atoms with van der Waals surface area (Å²) in [6.07, 6.45) is 1.66. The first-order valence-electron chi connectivity index (χ1n) is 7.91. The number of anilines is 1. The molecule has 0 amide bonds.